The van der Waals surface area contributed by atoms with Crippen molar-refractivity contribution in [3.8, 4) is 11.5 Å². The fourth-order valence-electron chi connectivity index (χ4n) is 5.52. The number of carbonyl (C=O) groups excluding carboxylic acids is 2. The molecule has 6 rings (SSSR count). The number of nitrogens with one attached hydrogen (secondary N) is 3. The van der Waals surface area contributed by atoms with Crippen molar-refractivity contribution in [3.63, 3.8) is 0 Å². The minimum absolute atomic E-state index is 0.0722. The zero-order chi connectivity index (χ0) is 32.4. The number of aryl methyl sites for hydroxylation is 1. The molecule has 4 heterocycles. The van der Waals surface area contributed by atoms with Crippen molar-refractivity contribution in [2.24, 2.45) is 16.7 Å². The van der Waals surface area contributed by atoms with E-state index >= 15 is 0 Å². The number of nitrogen functional groups attached to an aromatic ring is 1. The second-order valence-corrected chi connectivity index (χ2v) is 10.9. The predicted octanol–water partition coefficient (Wildman–Crippen LogP) is 1.70. The van der Waals surface area contributed by atoms with Gasteiger partial charge in [-0.2, -0.15) is 10.2 Å². The molecule has 46 heavy (non-hydrogen) atoms. The van der Waals surface area contributed by atoms with E-state index < -0.39 is 5.41 Å². The molecule has 5 aromatic rings. The summed E-state index contributed by atoms with van der Waals surface area (Å²) in [5, 5.41) is 14.5. The summed E-state index contributed by atoms with van der Waals surface area (Å²) in [7, 11) is 0. The summed E-state index contributed by atoms with van der Waals surface area (Å²) in [5.41, 5.74) is 16.5. The van der Waals surface area contributed by atoms with Gasteiger partial charge in [0.15, 0.2) is 11.5 Å². The second kappa shape index (κ2) is 12.2. The molecule has 0 aliphatic carbocycles. The van der Waals surface area contributed by atoms with Crippen molar-refractivity contribution in [2.75, 3.05) is 17.6 Å². The van der Waals surface area contributed by atoms with Gasteiger partial charge in [-0.15, -0.1) is 0 Å². The van der Waals surface area contributed by atoms with E-state index in [2.05, 4.69) is 41.3 Å². The third kappa shape index (κ3) is 5.54. The number of hydrogen-bond donors (Lipinski definition) is 6. The summed E-state index contributed by atoms with van der Waals surface area (Å²) in [6, 6.07) is 17.4. The summed E-state index contributed by atoms with van der Waals surface area (Å²) in [4.78, 5) is 39.4. The number of fused-ring (bicyclic) bond motifs is 2. The third-order valence-corrected chi connectivity index (χ3v) is 7.97. The molecular formula is C31H31FN12O2. The molecule has 1 aliphatic heterocycles. The number of hydrazine groups is 1. The first kappa shape index (κ1) is 30.1. The predicted molar refractivity (Wildman–Crippen MR) is 170 cm³/mol. The standard InChI is InChI=1S/C31H31FN12O2/c1-31(19-11-8-17(9-12-19)10-13-23(45)37-15-22(33)41-43-35)24-26(34)38-28(39-27(24)40-30(31)46)25-20-6-4-14-36-29(20)44(42-25)16-18-5-2-3-7-21(18)32/h2-9,11-12,14,43H,10,13,15-16,35H2,1H3,(H2,33,41)(H,37,45)(H3,34,38,39,40,46). The van der Waals surface area contributed by atoms with Crippen LogP contribution in [-0.4, -0.2) is 48.9 Å². The number of pyridine rings is 1. The maximum atomic E-state index is 14.5. The van der Waals surface area contributed by atoms with Gasteiger partial charge in [0.2, 0.25) is 11.8 Å². The van der Waals surface area contributed by atoms with Gasteiger partial charge < -0.3 is 22.1 Å². The molecule has 234 valence electrons. The van der Waals surface area contributed by atoms with Crippen molar-refractivity contribution < 1.29 is 14.0 Å². The van der Waals surface area contributed by atoms with Crippen molar-refractivity contribution in [3.05, 3.63) is 94.9 Å². The Kier molecular flexibility index (Phi) is 7.98. The van der Waals surface area contributed by atoms with Crippen molar-refractivity contribution in [2.45, 2.75) is 31.7 Å². The van der Waals surface area contributed by atoms with Gasteiger partial charge >= 0.3 is 0 Å². The van der Waals surface area contributed by atoms with Gasteiger partial charge in [0, 0.05) is 18.2 Å². The number of amides is 2. The van der Waals surface area contributed by atoms with Crippen LogP contribution in [0.15, 0.2) is 72.0 Å². The van der Waals surface area contributed by atoms with Crippen LogP contribution >= 0.6 is 0 Å². The monoisotopic (exact) mass is 622 g/mol. The summed E-state index contributed by atoms with van der Waals surface area (Å²) in [5.74, 6) is 4.97. The normalized spacial score (nSPS) is 15.9. The number of rotatable bonds is 10. The van der Waals surface area contributed by atoms with E-state index in [1.54, 1.807) is 42.1 Å². The van der Waals surface area contributed by atoms with Crippen LogP contribution in [-0.2, 0) is 28.0 Å². The maximum absolute atomic E-state index is 14.5. The quantitative estimate of drug-likeness (QED) is 0.0573. The highest BCUT2D eigenvalue weighted by atomic mass is 19.1. The summed E-state index contributed by atoms with van der Waals surface area (Å²) in [6.07, 6.45) is 2.33. The first-order chi connectivity index (χ1) is 22.2. The van der Waals surface area contributed by atoms with Crippen LogP contribution < -0.4 is 33.5 Å². The van der Waals surface area contributed by atoms with Crippen LogP contribution in [0.4, 0.5) is 16.0 Å². The molecule has 14 nitrogen and oxygen atoms in total. The Bertz CT molecular complexity index is 1990. The Morgan fingerprint density at radius 3 is 2.65 bits per heavy atom. The highest BCUT2D eigenvalue weighted by Gasteiger charge is 2.47. The first-order valence-corrected chi connectivity index (χ1v) is 14.4. The average molecular weight is 623 g/mol. The van der Waals surface area contributed by atoms with E-state index in [-0.39, 0.29) is 60.4 Å². The molecule has 1 aliphatic rings. The van der Waals surface area contributed by atoms with E-state index in [1.807, 2.05) is 30.3 Å². The lowest BCUT2D eigenvalue weighted by atomic mass is 9.77. The Labute approximate surface area is 262 Å². The summed E-state index contributed by atoms with van der Waals surface area (Å²) < 4.78 is 16.0. The van der Waals surface area contributed by atoms with Crippen LogP contribution in [0.3, 0.4) is 0 Å². The van der Waals surface area contributed by atoms with Gasteiger partial charge in [0.05, 0.1) is 24.0 Å². The minimum atomic E-state index is -1.17. The smallest absolute Gasteiger partial charge is 0.240 e. The number of benzene rings is 2. The summed E-state index contributed by atoms with van der Waals surface area (Å²) in [6.45, 7) is 1.98. The van der Waals surface area contributed by atoms with E-state index in [4.69, 9.17) is 17.3 Å². The number of nitrogens with zero attached hydrogens (tertiary/aromatic N) is 6. The molecule has 0 bridgehead atoms. The van der Waals surface area contributed by atoms with E-state index in [0.717, 1.165) is 5.56 Å². The SMILES string of the molecule is CC1(c2ccc(CCC(=O)NC/C(N)=N/NN)cc2)C(=O)Nc2nc(-c3nn(Cc4ccccc4F)c4ncccc34)nc(N)c21. The van der Waals surface area contributed by atoms with Gasteiger partial charge in [0.25, 0.3) is 0 Å². The van der Waals surface area contributed by atoms with E-state index in [9.17, 15) is 14.0 Å². The lowest BCUT2D eigenvalue weighted by molar-refractivity contribution is -0.121. The third-order valence-electron chi connectivity index (χ3n) is 7.97. The van der Waals surface area contributed by atoms with Crippen molar-refractivity contribution >= 4 is 40.3 Å². The number of aromatic nitrogens is 5. The molecule has 15 heteroatoms. The highest BCUT2D eigenvalue weighted by Crippen LogP contribution is 2.45. The van der Waals surface area contributed by atoms with Gasteiger partial charge in [-0.1, -0.05) is 42.5 Å². The van der Waals surface area contributed by atoms with Gasteiger partial charge in [0.1, 0.15) is 34.4 Å². The lowest BCUT2D eigenvalue weighted by Crippen LogP contribution is -2.35. The van der Waals surface area contributed by atoms with Crippen LogP contribution in [0.5, 0.6) is 0 Å². The topological polar surface area (TPSA) is 217 Å². The van der Waals surface area contributed by atoms with E-state index in [0.29, 0.717) is 39.8 Å². The molecule has 0 saturated carbocycles. The average Bonchev–Trinajstić information content (AvgIpc) is 3.55. The number of nitrogens with two attached hydrogens (primary N) is 3. The summed E-state index contributed by atoms with van der Waals surface area (Å²) >= 11 is 0. The van der Waals surface area contributed by atoms with Gasteiger partial charge in [-0.05, 0) is 42.7 Å². The molecule has 1 unspecified atom stereocenters. The first-order valence-electron chi connectivity index (χ1n) is 14.4. The molecule has 1 atom stereocenters. The molecular weight excluding hydrogens is 591 g/mol. The van der Waals surface area contributed by atoms with Crippen LogP contribution in [0, 0.1) is 5.82 Å². The van der Waals surface area contributed by atoms with Gasteiger partial charge in [-0.25, -0.2) is 35.4 Å². The van der Waals surface area contributed by atoms with E-state index in [1.165, 1.54) is 6.07 Å². The second-order valence-electron chi connectivity index (χ2n) is 10.9. The zero-order valence-corrected chi connectivity index (χ0v) is 24.8. The number of hydrazone groups is 1. The molecule has 0 spiro atoms. The Morgan fingerprint density at radius 2 is 1.89 bits per heavy atom. The molecule has 2 amide bonds. The molecule has 0 fully saturated rings. The van der Waals surface area contributed by atoms with Crippen LogP contribution in [0.25, 0.3) is 22.6 Å². The number of hydrogen-bond acceptors (Lipinski definition) is 10. The Morgan fingerprint density at radius 1 is 1.11 bits per heavy atom. The zero-order valence-electron chi connectivity index (χ0n) is 24.8. The fraction of sp³-hybridized carbons (Fsp3) is 0.194. The van der Waals surface area contributed by atoms with Gasteiger partial charge in [-0.3, -0.25) is 9.59 Å². The molecule has 0 radical (unpaired) electrons. The lowest BCUT2D eigenvalue weighted by Gasteiger charge is -2.23. The fourth-order valence-corrected chi connectivity index (χ4v) is 5.52. The Hall–Kier alpha value is -5.96. The van der Waals surface area contributed by atoms with Crippen molar-refractivity contribution in [1.29, 1.82) is 0 Å². The Balaban J connectivity index is 1.26. The number of amidine groups is 1. The molecule has 0 saturated heterocycles. The van der Waals surface area contributed by atoms with Crippen LogP contribution in [0.2, 0.25) is 0 Å². The van der Waals surface area contributed by atoms with Crippen molar-refractivity contribution in [1.82, 2.24) is 35.6 Å². The largest absolute Gasteiger partial charge is 0.384 e. The van der Waals surface area contributed by atoms with Crippen LogP contribution in [0.1, 0.15) is 35.6 Å². The molecule has 3 aromatic heterocycles. The number of anilines is 2. The number of halogens is 1. The minimum Gasteiger partial charge on any atom is -0.384 e. The molecule has 2 aromatic carbocycles. The molecule has 9 N–H and O–H groups in total. The number of carbonyl (C=O) groups is 2. The maximum Gasteiger partial charge on any atom is 0.240 e. The highest BCUT2D eigenvalue weighted by molar-refractivity contribution is 6.09.